The molecule has 0 saturated carbocycles. The second-order valence-electron chi connectivity index (χ2n) is 8.86. The smallest absolute Gasteiger partial charge is 0.160 e. The van der Waals surface area contributed by atoms with E-state index >= 15 is 0 Å². The topological polar surface area (TPSA) is 20.3 Å². The summed E-state index contributed by atoms with van der Waals surface area (Å²) in [4.78, 5) is 14.7. The molecule has 30 heavy (non-hydrogen) atoms. The molecule has 2 aromatic carbocycles. The van der Waals surface area contributed by atoms with Crippen LogP contribution < -0.4 is 0 Å². The highest BCUT2D eigenvalue weighted by molar-refractivity contribution is 6.19. The van der Waals surface area contributed by atoms with Crippen LogP contribution in [-0.2, 0) is 11.2 Å². The van der Waals surface area contributed by atoms with E-state index in [2.05, 4.69) is 60.4 Å². The normalized spacial score (nSPS) is 17.1. The molecule has 0 aliphatic carbocycles. The van der Waals surface area contributed by atoms with Crippen LogP contribution in [0.3, 0.4) is 0 Å². The minimum Gasteiger partial charge on any atom is -0.303 e. The lowest BCUT2D eigenvalue weighted by Gasteiger charge is -2.32. The molecule has 2 heteroatoms. The maximum atomic E-state index is 12.0. The Kier molecular flexibility index (Phi) is 8.45. The zero-order chi connectivity index (χ0) is 21.3. The molecule has 1 heterocycles. The Bertz CT molecular complexity index is 831. The van der Waals surface area contributed by atoms with Gasteiger partial charge in [-0.15, -0.1) is 0 Å². The van der Waals surface area contributed by atoms with Crippen molar-refractivity contribution in [2.24, 2.45) is 5.92 Å². The first-order valence-electron chi connectivity index (χ1n) is 11.6. The highest BCUT2D eigenvalue weighted by Gasteiger charge is 2.20. The van der Waals surface area contributed by atoms with Gasteiger partial charge in [0.1, 0.15) is 0 Å². The van der Waals surface area contributed by atoms with Gasteiger partial charge >= 0.3 is 0 Å². The van der Waals surface area contributed by atoms with Gasteiger partial charge < -0.3 is 4.90 Å². The molecule has 0 bridgehead atoms. The predicted octanol–water partition coefficient (Wildman–Crippen LogP) is 6.52. The third-order valence-corrected chi connectivity index (χ3v) is 6.64. The van der Waals surface area contributed by atoms with Crippen molar-refractivity contribution in [3.63, 3.8) is 0 Å². The average Bonchev–Trinajstić information content (AvgIpc) is 2.76. The number of nitrogens with zero attached hydrogens (tertiary/aromatic N) is 1. The van der Waals surface area contributed by atoms with Crippen molar-refractivity contribution in [3.8, 4) is 0 Å². The van der Waals surface area contributed by atoms with E-state index in [1.165, 1.54) is 56.4 Å². The molecule has 1 aliphatic heterocycles. The molecule has 0 aromatic heterocycles. The maximum Gasteiger partial charge on any atom is 0.160 e. The third-order valence-electron chi connectivity index (χ3n) is 6.64. The average molecular weight is 404 g/mol. The molecule has 1 saturated heterocycles. The van der Waals surface area contributed by atoms with Crippen LogP contribution in [0.2, 0.25) is 0 Å². The molecule has 3 rings (SSSR count). The fourth-order valence-corrected chi connectivity index (χ4v) is 4.86. The lowest BCUT2D eigenvalue weighted by atomic mass is 9.87. The number of carbonyl (C=O) groups is 1. The molecule has 2 nitrogen and oxygen atoms in total. The van der Waals surface area contributed by atoms with Crippen LogP contribution in [0.4, 0.5) is 0 Å². The van der Waals surface area contributed by atoms with Crippen molar-refractivity contribution in [2.75, 3.05) is 19.6 Å². The van der Waals surface area contributed by atoms with E-state index in [1.54, 1.807) is 6.92 Å². The van der Waals surface area contributed by atoms with E-state index in [0.717, 1.165) is 23.5 Å². The quantitative estimate of drug-likeness (QED) is 0.444. The Morgan fingerprint density at radius 1 is 1.07 bits per heavy atom. The number of benzene rings is 2. The number of likely N-dealkylation sites (tertiary alicyclic amines) is 1. The minimum absolute atomic E-state index is 0.149. The maximum absolute atomic E-state index is 12.0. The summed E-state index contributed by atoms with van der Waals surface area (Å²) in [6, 6.07) is 19.4. The Balaban J connectivity index is 1.46. The summed E-state index contributed by atoms with van der Waals surface area (Å²) in [6.07, 6.45) is 8.19. The summed E-state index contributed by atoms with van der Waals surface area (Å²) in [6.45, 7) is 9.58. The number of Topliss-reactive ketones (excluding diaryl/α,β-unsaturated/α-hetero) is 1. The summed E-state index contributed by atoms with van der Waals surface area (Å²) >= 11 is 0. The van der Waals surface area contributed by atoms with Gasteiger partial charge in [-0.3, -0.25) is 4.79 Å². The summed E-state index contributed by atoms with van der Waals surface area (Å²) in [5.41, 5.74) is 4.75. The monoisotopic (exact) mass is 403 g/mol. The van der Waals surface area contributed by atoms with Crippen LogP contribution in [0.1, 0.15) is 69.1 Å². The zero-order valence-corrected chi connectivity index (χ0v) is 18.9. The van der Waals surface area contributed by atoms with Crippen LogP contribution in [0.15, 0.2) is 60.7 Å². The SMILES string of the molecule is C/C=C(/C(C)=O)c1ccccc1C(C)CCCN1CCC(Cc2ccccc2)CC1. The van der Waals surface area contributed by atoms with Gasteiger partial charge in [-0.1, -0.05) is 67.6 Å². The van der Waals surface area contributed by atoms with Crippen molar-refractivity contribution in [2.45, 2.75) is 58.8 Å². The Morgan fingerprint density at radius 3 is 2.40 bits per heavy atom. The van der Waals surface area contributed by atoms with E-state index in [1.807, 2.05) is 19.1 Å². The second-order valence-corrected chi connectivity index (χ2v) is 8.86. The van der Waals surface area contributed by atoms with Gasteiger partial charge in [0.05, 0.1) is 0 Å². The number of piperidine rings is 1. The molecular weight excluding hydrogens is 366 g/mol. The third kappa shape index (κ3) is 6.15. The van der Waals surface area contributed by atoms with Gasteiger partial charge in [0.25, 0.3) is 0 Å². The zero-order valence-electron chi connectivity index (χ0n) is 18.9. The Morgan fingerprint density at radius 2 is 1.73 bits per heavy atom. The van der Waals surface area contributed by atoms with Gasteiger partial charge in [0.15, 0.2) is 5.78 Å². The molecule has 2 aromatic rings. The molecule has 1 unspecified atom stereocenters. The van der Waals surface area contributed by atoms with Crippen LogP contribution in [-0.4, -0.2) is 30.3 Å². The van der Waals surface area contributed by atoms with Crippen molar-refractivity contribution in [1.29, 1.82) is 0 Å². The van der Waals surface area contributed by atoms with Crippen LogP contribution >= 0.6 is 0 Å². The van der Waals surface area contributed by atoms with E-state index < -0.39 is 0 Å². The van der Waals surface area contributed by atoms with Gasteiger partial charge in [-0.25, -0.2) is 0 Å². The van der Waals surface area contributed by atoms with E-state index in [-0.39, 0.29) is 5.78 Å². The first-order valence-corrected chi connectivity index (χ1v) is 11.6. The number of ketones is 1. The lowest BCUT2D eigenvalue weighted by Crippen LogP contribution is -2.35. The van der Waals surface area contributed by atoms with Crippen molar-refractivity contribution in [1.82, 2.24) is 4.90 Å². The second kappa shape index (κ2) is 11.3. The van der Waals surface area contributed by atoms with Gasteiger partial charge in [0.2, 0.25) is 0 Å². The van der Waals surface area contributed by atoms with E-state index in [0.29, 0.717) is 5.92 Å². The highest BCUT2D eigenvalue weighted by atomic mass is 16.1. The van der Waals surface area contributed by atoms with E-state index in [4.69, 9.17) is 0 Å². The van der Waals surface area contributed by atoms with Crippen LogP contribution in [0, 0.1) is 5.92 Å². The summed E-state index contributed by atoms with van der Waals surface area (Å²) in [7, 11) is 0. The molecule has 0 radical (unpaired) electrons. The summed E-state index contributed by atoms with van der Waals surface area (Å²) < 4.78 is 0. The number of hydrogen-bond acceptors (Lipinski definition) is 2. The predicted molar refractivity (Wildman–Crippen MR) is 128 cm³/mol. The fraction of sp³-hybridized carbons (Fsp3) is 0.464. The molecule has 0 spiro atoms. The molecular formula is C28H37NO. The Hall–Kier alpha value is -2.19. The largest absolute Gasteiger partial charge is 0.303 e. The Labute approximate surface area is 183 Å². The lowest BCUT2D eigenvalue weighted by molar-refractivity contribution is -0.111. The standard InChI is InChI=1S/C28H37NO/c1-4-26(23(3)30)28-15-9-8-14-27(28)22(2)11-10-18-29-19-16-25(17-20-29)21-24-12-6-5-7-13-24/h4-9,12-15,22,25H,10-11,16-21H2,1-3H3/b26-4-. The van der Waals surface area contributed by atoms with Crippen LogP contribution in [0.5, 0.6) is 0 Å². The summed E-state index contributed by atoms with van der Waals surface area (Å²) in [5.74, 6) is 1.45. The van der Waals surface area contributed by atoms with Crippen molar-refractivity contribution >= 4 is 11.4 Å². The van der Waals surface area contributed by atoms with Crippen molar-refractivity contribution in [3.05, 3.63) is 77.4 Å². The molecule has 0 amide bonds. The summed E-state index contributed by atoms with van der Waals surface area (Å²) in [5, 5.41) is 0. The van der Waals surface area contributed by atoms with Crippen molar-refractivity contribution < 1.29 is 4.79 Å². The number of hydrogen-bond donors (Lipinski definition) is 0. The number of allylic oxidation sites excluding steroid dienone is 2. The highest BCUT2D eigenvalue weighted by Crippen LogP contribution is 2.30. The van der Waals surface area contributed by atoms with Crippen LogP contribution in [0.25, 0.3) is 5.57 Å². The minimum atomic E-state index is 0.149. The van der Waals surface area contributed by atoms with Gasteiger partial charge in [-0.05, 0) is 94.1 Å². The number of carbonyl (C=O) groups excluding carboxylic acids is 1. The molecule has 1 aliphatic rings. The fourth-order valence-electron chi connectivity index (χ4n) is 4.86. The first kappa shape index (κ1) is 22.5. The van der Waals surface area contributed by atoms with E-state index in [9.17, 15) is 4.79 Å². The molecule has 1 fully saturated rings. The van der Waals surface area contributed by atoms with Gasteiger partial charge in [0, 0.05) is 5.57 Å². The van der Waals surface area contributed by atoms with Gasteiger partial charge in [-0.2, -0.15) is 0 Å². The number of rotatable bonds is 9. The first-order chi connectivity index (χ1) is 14.6. The molecule has 1 atom stereocenters. The molecule has 0 N–H and O–H groups in total. The molecule has 160 valence electrons.